The summed E-state index contributed by atoms with van der Waals surface area (Å²) in [5.74, 6) is 0. The number of ether oxygens (including phenoxy) is 2. The maximum Gasteiger partial charge on any atom is 0.319 e. The van der Waals surface area contributed by atoms with E-state index >= 15 is 0 Å². The van der Waals surface area contributed by atoms with E-state index in [1.165, 1.54) is 0 Å². The van der Waals surface area contributed by atoms with Crippen molar-refractivity contribution in [3.05, 3.63) is 5.69 Å². The van der Waals surface area contributed by atoms with Crippen LogP contribution in [0.5, 0.6) is 6.01 Å². The minimum atomic E-state index is 0.157. The molecule has 0 aliphatic carbocycles. The van der Waals surface area contributed by atoms with Crippen LogP contribution in [0.1, 0.15) is 25.5 Å². The largest absolute Gasteiger partial charge is 0.460 e. The molecule has 7 heteroatoms. The average Bonchev–Trinajstić information content (AvgIpc) is 2.90. The molecule has 2 aromatic rings. The molecule has 3 heterocycles. The van der Waals surface area contributed by atoms with Crippen LogP contribution in [0.25, 0.3) is 10.3 Å². The number of fused-ring (bicyclic) bond motifs is 1. The van der Waals surface area contributed by atoms with Crippen molar-refractivity contribution in [2.75, 3.05) is 19.5 Å². The number of aryl methyl sites for hydroxylation is 1. The molecule has 0 atom stereocenters. The van der Waals surface area contributed by atoms with Crippen molar-refractivity contribution in [1.29, 1.82) is 0 Å². The predicted octanol–water partition coefficient (Wildman–Crippen LogP) is 2.93. The molecule has 0 bridgehead atoms. The van der Waals surface area contributed by atoms with Crippen LogP contribution in [0, 0.1) is 0 Å². The SMILES string of the molecule is CCc1nc(OC2CCOCC2)nc2nc(SC)sc12. The molecular weight excluding hydrogens is 294 g/mol. The number of thiazole rings is 1. The maximum absolute atomic E-state index is 5.90. The molecule has 2 aromatic heterocycles. The van der Waals surface area contributed by atoms with E-state index in [1.54, 1.807) is 23.1 Å². The van der Waals surface area contributed by atoms with Crippen LogP contribution in [0.4, 0.5) is 0 Å². The lowest BCUT2D eigenvalue weighted by Gasteiger charge is -2.22. The molecule has 108 valence electrons. The smallest absolute Gasteiger partial charge is 0.319 e. The highest BCUT2D eigenvalue weighted by Crippen LogP contribution is 2.30. The quantitative estimate of drug-likeness (QED) is 0.809. The van der Waals surface area contributed by atoms with E-state index in [0.717, 1.165) is 52.9 Å². The molecule has 0 saturated carbocycles. The third kappa shape index (κ3) is 2.89. The molecule has 1 aliphatic heterocycles. The van der Waals surface area contributed by atoms with Crippen LogP contribution in [-0.2, 0) is 11.2 Å². The van der Waals surface area contributed by atoms with Crippen molar-refractivity contribution in [2.45, 2.75) is 36.6 Å². The zero-order valence-corrected chi connectivity index (χ0v) is 13.2. The Morgan fingerprint density at radius 2 is 2.10 bits per heavy atom. The Morgan fingerprint density at radius 3 is 2.80 bits per heavy atom. The van der Waals surface area contributed by atoms with Gasteiger partial charge in [-0.15, -0.1) is 11.3 Å². The number of hydrogen-bond acceptors (Lipinski definition) is 7. The zero-order chi connectivity index (χ0) is 13.9. The first-order chi connectivity index (χ1) is 9.80. The Kier molecular flexibility index (Phi) is 4.38. The molecule has 0 N–H and O–H groups in total. The Morgan fingerprint density at radius 1 is 1.30 bits per heavy atom. The van der Waals surface area contributed by atoms with Gasteiger partial charge in [-0.05, 0) is 12.7 Å². The molecule has 3 rings (SSSR count). The summed E-state index contributed by atoms with van der Waals surface area (Å²) in [6, 6.07) is 0.458. The molecule has 1 saturated heterocycles. The first kappa shape index (κ1) is 14.0. The minimum absolute atomic E-state index is 0.157. The number of aromatic nitrogens is 3. The molecule has 0 aromatic carbocycles. The predicted molar refractivity (Wildman–Crippen MR) is 80.8 cm³/mol. The van der Waals surface area contributed by atoms with Crippen molar-refractivity contribution >= 4 is 33.4 Å². The summed E-state index contributed by atoms with van der Waals surface area (Å²) in [5.41, 5.74) is 1.78. The summed E-state index contributed by atoms with van der Waals surface area (Å²) in [5, 5.41) is 0. The van der Waals surface area contributed by atoms with Gasteiger partial charge in [0.05, 0.1) is 23.6 Å². The first-order valence-corrected chi connectivity index (χ1v) is 8.80. The topological polar surface area (TPSA) is 57.1 Å². The Balaban J connectivity index is 1.90. The lowest BCUT2D eigenvalue weighted by Crippen LogP contribution is -2.26. The van der Waals surface area contributed by atoms with E-state index in [4.69, 9.17) is 9.47 Å². The lowest BCUT2D eigenvalue weighted by atomic mass is 10.2. The number of nitrogens with zero attached hydrogens (tertiary/aromatic N) is 3. The van der Waals surface area contributed by atoms with E-state index in [9.17, 15) is 0 Å². The van der Waals surface area contributed by atoms with Crippen molar-refractivity contribution in [2.24, 2.45) is 0 Å². The van der Waals surface area contributed by atoms with Gasteiger partial charge in [-0.1, -0.05) is 18.7 Å². The number of hydrogen-bond donors (Lipinski definition) is 0. The van der Waals surface area contributed by atoms with E-state index in [2.05, 4.69) is 21.9 Å². The van der Waals surface area contributed by atoms with E-state index in [1.807, 2.05) is 6.26 Å². The lowest BCUT2D eigenvalue weighted by molar-refractivity contribution is 0.0218. The van der Waals surface area contributed by atoms with Gasteiger partial charge in [0, 0.05) is 12.8 Å². The second-order valence-electron chi connectivity index (χ2n) is 4.57. The third-order valence-electron chi connectivity index (χ3n) is 3.23. The fourth-order valence-corrected chi connectivity index (χ4v) is 3.72. The van der Waals surface area contributed by atoms with Crippen molar-refractivity contribution in [3.8, 4) is 6.01 Å². The van der Waals surface area contributed by atoms with Gasteiger partial charge in [0.15, 0.2) is 9.99 Å². The molecule has 20 heavy (non-hydrogen) atoms. The molecular formula is C13H17N3O2S2. The molecule has 0 amide bonds. The molecule has 0 unspecified atom stereocenters. The normalized spacial score (nSPS) is 16.7. The van der Waals surface area contributed by atoms with Crippen LogP contribution < -0.4 is 4.74 Å². The zero-order valence-electron chi connectivity index (χ0n) is 11.6. The van der Waals surface area contributed by atoms with Gasteiger partial charge < -0.3 is 9.47 Å². The van der Waals surface area contributed by atoms with Gasteiger partial charge in [-0.25, -0.2) is 4.98 Å². The standard InChI is InChI=1S/C13H17N3O2S2/c1-3-9-10-11(16-13(19-2)20-10)15-12(14-9)18-8-4-6-17-7-5-8/h8H,3-7H2,1-2H3. The summed E-state index contributed by atoms with van der Waals surface area (Å²) >= 11 is 3.29. The Hall–Kier alpha value is -0.920. The van der Waals surface area contributed by atoms with E-state index < -0.39 is 0 Å². The molecule has 5 nitrogen and oxygen atoms in total. The Bertz CT molecular complexity index is 597. The fraction of sp³-hybridized carbons (Fsp3) is 0.615. The van der Waals surface area contributed by atoms with Gasteiger partial charge in [0.25, 0.3) is 0 Å². The number of thioether (sulfide) groups is 1. The van der Waals surface area contributed by atoms with E-state index in [-0.39, 0.29) is 6.10 Å². The van der Waals surface area contributed by atoms with Gasteiger partial charge in [-0.2, -0.15) is 9.97 Å². The van der Waals surface area contributed by atoms with Gasteiger partial charge in [0.2, 0.25) is 0 Å². The van der Waals surface area contributed by atoms with Crippen LogP contribution in [0.15, 0.2) is 4.34 Å². The van der Waals surface area contributed by atoms with Gasteiger partial charge >= 0.3 is 6.01 Å². The maximum atomic E-state index is 5.90. The molecule has 0 spiro atoms. The van der Waals surface area contributed by atoms with Crippen LogP contribution in [0.2, 0.25) is 0 Å². The van der Waals surface area contributed by atoms with Crippen LogP contribution in [-0.4, -0.2) is 40.5 Å². The van der Waals surface area contributed by atoms with Crippen molar-refractivity contribution in [1.82, 2.24) is 15.0 Å². The summed E-state index contributed by atoms with van der Waals surface area (Å²) in [7, 11) is 0. The monoisotopic (exact) mass is 311 g/mol. The van der Waals surface area contributed by atoms with Crippen LogP contribution in [0.3, 0.4) is 0 Å². The third-order valence-corrected chi connectivity index (χ3v) is 5.31. The highest BCUT2D eigenvalue weighted by molar-refractivity contribution is 8.00. The van der Waals surface area contributed by atoms with Gasteiger partial charge in [0.1, 0.15) is 6.10 Å². The average molecular weight is 311 g/mol. The summed E-state index contributed by atoms with van der Waals surface area (Å²) in [6.07, 6.45) is 4.84. The molecule has 1 aliphatic rings. The van der Waals surface area contributed by atoms with Crippen molar-refractivity contribution < 1.29 is 9.47 Å². The van der Waals surface area contributed by atoms with E-state index in [0.29, 0.717) is 6.01 Å². The minimum Gasteiger partial charge on any atom is -0.460 e. The van der Waals surface area contributed by atoms with Crippen LogP contribution >= 0.6 is 23.1 Å². The summed E-state index contributed by atoms with van der Waals surface area (Å²) in [6.45, 7) is 3.60. The molecule has 1 fully saturated rings. The summed E-state index contributed by atoms with van der Waals surface area (Å²) in [4.78, 5) is 13.5. The summed E-state index contributed by atoms with van der Waals surface area (Å²) < 4.78 is 13.3. The highest BCUT2D eigenvalue weighted by Gasteiger charge is 2.19. The second-order valence-corrected chi connectivity index (χ2v) is 6.63. The number of rotatable bonds is 4. The Labute approximate surface area is 126 Å². The van der Waals surface area contributed by atoms with Gasteiger partial charge in [-0.3, -0.25) is 0 Å². The fourth-order valence-electron chi connectivity index (χ4n) is 2.16. The second kappa shape index (κ2) is 6.24. The molecule has 0 radical (unpaired) electrons. The van der Waals surface area contributed by atoms with Crippen molar-refractivity contribution in [3.63, 3.8) is 0 Å². The first-order valence-electron chi connectivity index (χ1n) is 6.76. The highest BCUT2D eigenvalue weighted by atomic mass is 32.2.